The Balaban J connectivity index is 1.97. The van der Waals surface area contributed by atoms with E-state index in [-0.39, 0.29) is 5.41 Å². The fraction of sp³-hybridized carbons (Fsp3) is 0.333. The Kier molecular flexibility index (Phi) is 3.31. The fourth-order valence-electron chi connectivity index (χ4n) is 2.69. The Morgan fingerprint density at radius 2 is 2.05 bits per heavy atom. The summed E-state index contributed by atoms with van der Waals surface area (Å²) in [5.74, 6) is -1.04. The lowest BCUT2D eigenvalue weighted by Crippen LogP contribution is -2.35. The smallest absolute Gasteiger partial charge is 0.326 e. The Morgan fingerprint density at radius 1 is 1.35 bits per heavy atom. The Morgan fingerprint density at radius 3 is 2.60 bits per heavy atom. The molecule has 3 rings (SSSR count). The lowest BCUT2D eigenvalue weighted by Gasteiger charge is -2.40. The SMILES string of the molecule is NC(C(=O)O)c1csc(C2(c3ccccc3)CCC2)n1. The number of carboxylic acids is 1. The van der Waals surface area contributed by atoms with Crippen molar-refractivity contribution in [3.8, 4) is 0 Å². The minimum absolute atomic E-state index is 0.0393. The van der Waals surface area contributed by atoms with Gasteiger partial charge in [0, 0.05) is 10.8 Å². The summed E-state index contributed by atoms with van der Waals surface area (Å²) in [6, 6.07) is 9.28. The summed E-state index contributed by atoms with van der Waals surface area (Å²) in [5.41, 5.74) is 7.32. The maximum Gasteiger partial charge on any atom is 0.326 e. The number of carboxylic acid groups (broad SMARTS) is 1. The monoisotopic (exact) mass is 288 g/mol. The largest absolute Gasteiger partial charge is 0.480 e. The number of thiazole rings is 1. The van der Waals surface area contributed by atoms with Gasteiger partial charge in [-0.15, -0.1) is 11.3 Å². The number of hydrogen-bond acceptors (Lipinski definition) is 4. The second-order valence-electron chi connectivity index (χ2n) is 5.20. The molecule has 1 aliphatic rings. The number of benzene rings is 1. The van der Waals surface area contributed by atoms with Crippen LogP contribution in [0.4, 0.5) is 0 Å². The van der Waals surface area contributed by atoms with Crippen molar-refractivity contribution in [3.63, 3.8) is 0 Å². The quantitative estimate of drug-likeness (QED) is 0.907. The first kappa shape index (κ1) is 13.3. The summed E-state index contributed by atoms with van der Waals surface area (Å²) in [7, 11) is 0. The van der Waals surface area contributed by atoms with Crippen LogP contribution >= 0.6 is 11.3 Å². The van der Waals surface area contributed by atoms with E-state index in [1.54, 1.807) is 5.38 Å². The second-order valence-corrected chi connectivity index (χ2v) is 6.05. The fourth-order valence-corrected chi connectivity index (χ4v) is 3.83. The summed E-state index contributed by atoms with van der Waals surface area (Å²) in [4.78, 5) is 15.5. The van der Waals surface area contributed by atoms with Gasteiger partial charge in [-0.25, -0.2) is 4.98 Å². The predicted octanol–water partition coefficient (Wildman–Crippen LogP) is 2.70. The van der Waals surface area contributed by atoms with Gasteiger partial charge in [-0.3, -0.25) is 4.79 Å². The third kappa shape index (κ3) is 2.03. The molecule has 2 aromatic rings. The molecular formula is C15H16N2O2S. The highest BCUT2D eigenvalue weighted by Gasteiger charge is 2.43. The summed E-state index contributed by atoms with van der Waals surface area (Å²) < 4.78 is 0. The third-order valence-corrected chi connectivity index (χ3v) is 5.11. The maximum absolute atomic E-state index is 11.0. The van der Waals surface area contributed by atoms with Gasteiger partial charge in [0.25, 0.3) is 0 Å². The van der Waals surface area contributed by atoms with Crippen LogP contribution in [0.2, 0.25) is 0 Å². The molecular weight excluding hydrogens is 272 g/mol. The van der Waals surface area contributed by atoms with Crippen LogP contribution in [0.5, 0.6) is 0 Å². The lowest BCUT2D eigenvalue weighted by atomic mass is 9.65. The zero-order valence-corrected chi connectivity index (χ0v) is 11.8. The molecule has 0 saturated heterocycles. The Bertz CT molecular complexity index is 620. The van der Waals surface area contributed by atoms with E-state index >= 15 is 0 Å². The van der Waals surface area contributed by atoms with Crippen molar-refractivity contribution in [2.75, 3.05) is 0 Å². The lowest BCUT2D eigenvalue weighted by molar-refractivity contribution is -0.138. The molecule has 20 heavy (non-hydrogen) atoms. The highest BCUT2D eigenvalue weighted by Crippen LogP contribution is 2.49. The van der Waals surface area contributed by atoms with Crippen LogP contribution in [-0.2, 0) is 10.2 Å². The molecule has 5 heteroatoms. The van der Waals surface area contributed by atoms with E-state index in [2.05, 4.69) is 17.1 Å². The van der Waals surface area contributed by atoms with E-state index in [9.17, 15) is 4.79 Å². The zero-order valence-electron chi connectivity index (χ0n) is 11.0. The number of hydrogen-bond donors (Lipinski definition) is 2. The average Bonchev–Trinajstić information content (AvgIpc) is 2.87. The molecule has 1 unspecified atom stereocenters. The third-order valence-electron chi connectivity index (χ3n) is 4.05. The highest BCUT2D eigenvalue weighted by atomic mass is 32.1. The first-order valence-corrected chi connectivity index (χ1v) is 7.51. The molecule has 1 aromatic carbocycles. The van der Waals surface area contributed by atoms with Crippen LogP contribution in [0, 0.1) is 0 Å². The van der Waals surface area contributed by atoms with E-state index < -0.39 is 12.0 Å². The van der Waals surface area contributed by atoms with Gasteiger partial charge in [0.05, 0.1) is 5.69 Å². The molecule has 1 aliphatic carbocycles. The van der Waals surface area contributed by atoms with Gasteiger partial charge in [-0.05, 0) is 18.4 Å². The summed E-state index contributed by atoms with van der Waals surface area (Å²) >= 11 is 1.52. The number of nitrogens with two attached hydrogens (primary N) is 1. The molecule has 3 N–H and O–H groups in total. The first-order chi connectivity index (χ1) is 9.63. The molecule has 1 heterocycles. The molecule has 0 bridgehead atoms. The molecule has 1 saturated carbocycles. The molecule has 4 nitrogen and oxygen atoms in total. The van der Waals surface area contributed by atoms with E-state index in [4.69, 9.17) is 10.8 Å². The van der Waals surface area contributed by atoms with Crippen molar-refractivity contribution < 1.29 is 9.90 Å². The average molecular weight is 288 g/mol. The van der Waals surface area contributed by atoms with Gasteiger partial charge in [0.15, 0.2) is 0 Å². The van der Waals surface area contributed by atoms with Crippen LogP contribution in [0.1, 0.15) is 41.6 Å². The second kappa shape index (κ2) is 5.00. The molecule has 0 spiro atoms. The van der Waals surface area contributed by atoms with E-state index in [0.717, 1.165) is 17.8 Å². The van der Waals surface area contributed by atoms with Gasteiger partial charge < -0.3 is 10.8 Å². The van der Waals surface area contributed by atoms with Gasteiger partial charge >= 0.3 is 5.97 Å². The van der Waals surface area contributed by atoms with Crippen LogP contribution in [0.3, 0.4) is 0 Å². The molecule has 104 valence electrons. The number of aliphatic carboxylic acids is 1. The molecule has 1 fully saturated rings. The van der Waals surface area contributed by atoms with Gasteiger partial charge in [-0.1, -0.05) is 36.8 Å². The van der Waals surface area contributed by atoms with Crippen molar-refractivity contribution in [2.24, 2.45) is 5.73 Å². The van der Waals surface area contributed by atoms with Crippen LogP contribution < -0.4 is 5.73 Å². The maximum atomic E-state index is 11.0. The van der Waals surface area contributed by atoms with Gasteiger partial charge in [0.2, 0.25) is 0 Å². The van der Waals surface area contributed by atoms with E-state index in [1.807, 2.05) is 18.2 Å². The van der Waals surface area contributed by atoms with E-state index in [0.29, 0.717) is 5.69 Å². The summed E-state index contributed by atoms with van der Waals surface area (Å²) in [5, 5.41) is 11.7. The standard InChI is InChI=1S/C15H16N2O2S/c16-12(13(18)19)11-9-20-14(17-11)15(7-4-8-15)10-5-2-1-3-6-10/h1-3,5-6,9,12H,4,7-8,16H2,(H,18,19). The van der Waals surface area contributed by atoms with Crippen molar-refractivity contribution in [1.29, 1.82) is 0 Å². The number of aromatic nitrogens is 1. The minimum Gasteiger partial charge on any atom is -0.480 e. The molecule has 1 aromatic heterocycles. The summed E-state index contributed by atoms with van der Waals surface area (Å²) in [6.07, 6.45) is 3.30. The number of carbonyl (C=O) groups is 1. The molecule has 1 atom stereocenters. The van der Waals surface area contributed by atoms with Crippen molar-refractivity contribution in [1.82, 2.24) is 4.98 Å². The van der Waals surface area contributed by atoms with Crippen LogP contribution in [0.25, 0.3) is 0 Å². The predicted molar refractivity (Wildman–Crippen MR) is 77.8 cm³/mol. The van der Waals surface area contributed by atoms with Crippen molar-refractivity contribution >= 4 is 17.3 Å². The zero-order chi connectivity index (χ0) is 14.2. The summed E-state index contributed by atoms with van der Waals surface area (Å²) in [6.45, 7) is 0. The number of nitrogens with zero attached hydrogens (tertiary/aromatic N) is 1. The van der Waals surface area contributed by atoms with E-state index in [1.165, 1.54) is 23.3 Å². The normalized spacial score (nSPS) is 18.2. The van der Waals surface area contributed by atoms with Crippen LogP contribution in [-0.4, -0.2) is 16.1 Å². The number of rotatable bonds is 4. The topological polar surface area (TPSA) is 76.2 Å². The molecule has 0 amide bonds. The molecule has 0 radical (unpaired) electrons. The van der Waals surface area contributed by atoms with Crippen LogP contribution in [0.15, 0.2) is 35.7 Å². The Hall–Kier alpha value is -1.72. The molecule has 0 aliphatic heterocycles. The first-order valence-electron chi connectivity index (χ1n) is 6.63. The Labute approximate surface area is 121 Å². The van der Waals surface area contributed by atoms with Crippen molar-refractivity contribution in [3.05, 3.63) is 52.0 Å². The van der Waals surface area contributed by atoms with Gasteiger partial charge in [-0.2, -0.15) is 0 Å². The minimum atomic E-state index is -1.04. The van der Waals surface area contributed by atoms with Gasteiger partial charge in [0.1, 0.15) is 11.0 Å². The van der Waals surface area contributed by atoms with Crippen molar-refractivity contribution in [2.45, 2.75) is 30.7 Å². The highest BCUT2D eigenvalue weighted by molar-refractivity contribution is 7.09.